The summed E-state index contributed by atoms with van der Waals surface area (Å²) in [7, 11) is 0. The van der Waals surface area contributed by atoms with Crippen molar-refractivity contribution >= 4 is 22.6 Å². The Balaban J connectivity index is 1.58. The Bertz CT molecular complexity index is 423. The first-order chi connectivity index (χ1) is 9.22. The SMILES string of the molecule is NC(Cc1ccc(I)cc1)C1CN2CCCC2CO1. The van der Waals surface area contributed by atoms with Gasteiger partial charge in [0.05, 0.1) is 12.7 Å². The van der Waals surface area contributed by atoms with E-state index in [1.54, 1.807) is 0 Å². The Morgan fingerprint density at radius 3 is 2.95 bits per heavy atom. The molecule has 0 saturated carbocycles. The smallest absolute Gasteiger partial charge is 0.0856 e. The molecule has 0 aromatic heterocycles. The van der Waals surface area contributed by atoms with Gasteiger partial charge in [0.25, 0.3) is 0 Å². The number of hydrogen-bond acceptors (Lipinski definition) is 3. The van der Waals surface area contributed by atoms with Gasteiger partial charge in [-0.05, 0) is 66.1 Å². The Hall–Kier alpha value is -0.170. The van der Waals surface area contributed by atoms with Gasteiger partial charge in [0.2, 0.25) is 0 Å². The van der Waals surface area contributed by atoms with E-state index in [4.69, 9.17) is 10.5 Å². The monoisotopic (exact) mass is 372 g/mol. The van der Waals surface area contributed by atoms with E-state index in [1.165, 1.54) is 28.5 Å². The van der Waals surface area contributed by atoms with E-state index in [0.29, 0.717) is 6.04 Å². The van der Waals surface area contributed by atoms with Crippen LogP contribution in [0.5, 0.6) is 0 Å². The number of fused-ring (bicyclic) bond motifs is 1. The lowest BCUT2D eigenvalue weighted by Crippen LogP contribution is -2.53. The van der Waals surface area contributed by atoms with Crippen LogP contribution in [0, 0.1) is 3.57 Å². The second kappa shape index (κ2) is 6.08. The zero-order valence-corrected chi connectivity index (χ0v) is 13.3. The van der Waals surface area contributed by atoms with Crippen molar-refractivity contribution in [1.29, 1.82) is 0 Å². The summed E-state index contributed by atoms with van der Waals surface area (Å²) in [4.78, 5) is 2.56. The second-order valence-corrected chi connectivity index (χ2v) is 6.90. The van der Waals surface area contributed by atoms with E-state index in [-0.39, 0.29) is 12.1 Å². The summed E-state index contributed by atoms with van der Waals surface area (Å²) in [6.45, 7) is 3.10. The minimum atomic E-state index is 0.0987. The topological polar surface area (TPSA) is 38.5 Å². The Kier molecular flexibility index (Phi) is 4.41. The lowest BCUT2D eigenvalue weighted by atomic mass is 10.0. The molecule has 19 heavy (non-hydrogen) atoms. The lowest BCUT2D eigenvalue weighted by Gasteiger charge is -2.37. The maximum Gasteiger partial charge on any atom is 0.0856 e. The summed E-state index contributed by atoms with van der Waals surface area (Å²) >= 11 is 2.33. The molecule has 0 aliphatic carbocycles. The molecule has 4 heteroatoms. The molecule has 0 bridgehead atoms. The molecule has 2 heterocycles. The maximum absolute atomic E-state index is 6.35. The van der Waals surface area contributed by atoms with E-state index in [9.17, 15) is 0 Å². The summed E-state index contributed by atoms with van der Waals surface area (Å²) < 4.78 is 7.25. The van der Waals surface area contributed by atoms with Gasteiger partial charge in [-0.25, -0.2) is 0 Å². The first-order valence-electron chi connectivity index (χ1n) is 7.08. The van der Waals surface area contributed by atoms with E-state index in [0.717, 1.165) is 19.6 Å². The van der Waals surface area contributed by atoms with E-state index in [1.807, 2.05) is 0 Å². The highest BCUT2D eigenvalue weighted by molar-refractivity contribution is 14.1. The van der Waals surface area contributed by atoms with Gasteiger partial charge in [-0.1, -0.05) is 12.1 Å². The van der Waals surface area contributed by atoms with Crippen molar-refractivity contribution < 1.29 is 4.74 Å². The molecule has 2 N–H and O–H groups in total. The number of benzene rings is 1. The number of nitrogens with two attached hydrogens (primary N) is 1. The van der Waals surface area contributed by atoms with E-state index < -0.39 is 0 Å². The number of hydrogen-bond donors (Lipinski definition) is 1. The molecule has 3 unspecified atom stereocenters. The third kappa shape index (κ3) is 3.29. The largest absolute Gasteiger partial charge is 0.374 e. The average molecular weight is 372 g/mol. The van der Waals surface area contributed by atoms with Crippen LogP contribution < -0.4 is 5.73 Å². The normalized spacial score (nSPS) is 29.2. The first-order valence-corrected chi connectivity index (χ1v) is 8.16. The van der Waals surface area contributed by atoms with Crippen LogP contribution in [0.2, 0.25) is 0 Å². The number of morpholine rings is 1. The predicted octanol–water partition coefficient (Wildman–Crippen LogP) is 2.02. The molecule has 0 amide bonds. The Labute approximate surface area is 128 Å². The summed E-state index contributed by atoms with van der Waals surface area (Å²) in [5, 5.41) is 0. The Morgan fingerprint density at radius 2 is 2.16 bits per heavy atom. The molecular weight excluding hydrogens is 351 g/mol. The maximum atomic E-state index is 6.35. The third-order valence-electron chi connectivity index (χ3n) is 4.28. The zero-order valence-electron chi connectivity index (χ0n) is 11.1. The molecule has 2 saturated heterocycles. The zero-order chi connectivity index (χ0) is 13.2. The van der Waals surface area contributed by atoms with Gasteiger partial charge in [-0.15, -0.1) is 0 Å². The standard InChI is InChI=1S/C15H21IN2O/c16-12-5-3-11(4-6-12)8-14(17)15-9-18-7-1-2-13(18)10-19-15/h3-6,13-15H,1-2,7-10,17H2. The summed E-state index contributed by atoms with van der Waals surface area (Å²) in [6, 6.07) is 9.37. The molecule has 2 aliphatic heterocycles. The molecule has 3 rings (SSSR count). The second-order valence-electron chi connectivity index (χ2n) is 5.66. The van der Waals surface area contributed by atoms with Crippen LogP contribution in [0.3, 0.4) is 0 Å². The van der Waals surface area contributed by atoms with Gasteiger partial charge >= 0.3 is 0 Å². The molecular formula is C15H21IN2O. The highest BCUT2D eigenvalue weighted by atomic mass is 127. The van der Waals surface area contributed by atoms with Gasteiger partial charge in [-0.3, -0.25) is 4.90 Å². The molecule has 3 nitrogen and oxygen atoms in total. The minimum Gasteiger partial charge on any atom is -0.374 e. The number of rotatable bonds is 3. The molecule has 0 spiro atoms. The quantitative estimate of drug-likeness (QED) is 0.826. The highest BCUT2D eigenvalue weighted by Gasteiger charge is 2.34. The average Bonchev–Trinajstić information content (AvgIpc) is 2.88. The number of ether oxygens (including phenoxy) is 1. The summed E-state index contributed by atoms with van der Waals surface area (Å²) in [6.07, 6.45) is 3.69. The van der Waals surface area contributed by atoms with Gasteiger partial charge in [0, 0.05) is 22.2 Å². The van der Waals surface area contributed by atoms with Crippen LogP contribution in [0.1, 0.15) is 18.4 Å². The van der Waals surface area contributed by atoms with Crippen molar-refractivity contribution in [2.24, 2.45) is 5.73 Å². The van der Waals surface area contributed by atoms with Crippen LogP contribution in [0.4, 0.5) is 0 Å². The predicted molar refractivity (Wildman–Crippen MR) is 85.2 cm³/mol. The fraction of sp³-hybridized carbons (Fsp3) is 0.600. The fourth-order valence-corrected chi connectivity index (χ4v) is 3.49. The van der Waals surface area contributed by atoms with E-state index in [2.05, 4.69) is 51.8 Å². The molecule has 1 aromatic rings. The van der Waals surface area contributed by atoms with Gasteiger partial charge in [0.15, 0.2) is 0 Å². The van der Waals surface area contributed by atoms with E-state index >= 15 is 0 Å². The first kappa shape index (κ1) is 13.8. The van der Waals surface area contributed by atoms with Crippen molar-refractivity contribution in [2.75, 3.05) is 19.7 Å². The highest BCUT2D eigenvalue weighted by Crippen LogP contribution is 2.24. The fourth-order valence-electron chi connectivity index (χ4n) is 3.13. The lowest BCUT2D eigenvalue weighted by molar-refractivity contribution is -0.0589. The van der Waals surface area contributed by atoms with Crippen LogP contribution >= 0.6 is 22.6 Å². The molecule has 2 fully saturated rings. The van der Waals surface area contributed by atoms with Crippen molar-refractivity contribution in [1.82, 2.24) is 4.90 Å². The van der Waals surface area contributed by atoms with Crippen molar-refractivity contribution in [3.63, 3.8) is 0 Å². The van der Waals surface area contributed by atoms with Crippen molar-refractivity contribution in [3.8, 4) is 0 Å². The van der Waals surface area contributed by atoms with Crippen LogP contribution in [0.15, 0.2) is 24.3 Å². The van der Waals surface area contributed by atoms with Crippen molar-refractivity contribution in [2.45, 2.75) is 37.5 Å². The van der Waals surface area contributed by atoms with Gasteiger partial charge in [-0.2, -0.15) is 0 Å². The molecule has 104 valence electrons. The molecule has 2 aliphatic rings. The van der Waals surface area contributed by atoms with Crippen LogP contribution in [-0.2, 0) is 11.2 Å². The molecule has 0 radical (unpaired) electrons. The Morgan fingerprint density at radius 1 is 1.37 bits per heavy atom. The summed E-state index contributed by atoms with van der Waals surface area (Å²) in [5.74, 6) is 0. The van der Waals surface area contributed by atoms with Crippen LogP contribution in [0.25, 0.3) is 0 Å². The third-order valence-corrected chi connectivity index (χ3v) is 5.00. The molecule has 3 atom stereocenters. The number of halogens is 1. The summed E-state index contributed by atoms with van der Waals surface area (Å²) in [5.41, 5.74) is 7.65. The molecule has 1 aromatic carbocycles. The van der Waals surface area contributed by atoms with Crippen LogP contribution in [-0.4, -0.2) is 42.8 Å². The minimum absolute atomic E-state index is 0.0987. The van der Waals surface area contributed by atoms with Crippen molar-refractivity contribution in [3.05, 3.63) is 33.4 Å². The van der Waals surface area contributed by atoms with Gasteiger partial charge in [0.1, 0.15) is 0 Å². The van der Waals surface area contributed by atoms with Gasteiger partial charge < -0.3 is 10.5 Å². The number of nitrogens with zero attached hydrogens (tertiary/aromatic N) is 1.